The maximum absolute atomic E-state index is 4.72. The molecule has 200 valence electrons. The lowest BCUT2D eigenvalue weighted by molar-refractivity contribution is 0.516. The van der Waals surface area contributed by atoms with Crippen LogP contribution in [0.15, 0.2) is 109 Å². The molecule has 0 bridgehead atoms. The van der Waals surface area contributed by atoms with Crippen LogP contribution in [0.5, 0.6) is 0 Å². The van der Waals surface area contributed by atoms with Gasteiger partial charge in [-0.1, -0.05) is 113 Å². The average molecular weight is 515 g/mol. The smallest absolute Gasteiger partial charge is 0.0705 e. The Kier molecular flexibility index (Phi) is 8.86. The Morgan fingerprint density at radius 2 is 1.59 bits per heavy atom. The number of benzene rings is 3. The number of aryl methyl sites for hydroxylation is 1. The Labute approximate surface area is 235 Å². The lowest BCUT2D eigenvalue weighted by Crippen LogP contribution is -2.17. The summed E-state index contributed by atoms with van der Waals surface area (Å²) in [5.74, 6) is 0.391. The second-order valence-corrected chi connectivity index (χ2v) is 11.6. The molecule has 0 atom stereocenters. The van der Waals surface area contributed by atoms with Crippen LogP contribution >= 0.6 is 0 Å². The molecular formula is C37H42N2. The molecule has 2 heteroatoms. The molecule has 0 aliphatic heterocycles. The van der Waals surface area contributed by atoms with Crippen molar-refractivity contribution in [3.8, 4) is 22.4 Å². The van der Waals surface area contributed by atoms with Crippen LogP contribution in [0, 0.1) is 12.3 Å². The first-order valence-corrected chi connectivity index (χ1v) is 14.0. The molecule has 2 nitrogen and oxygen atoms in total. The van der Waals surface area contributed by atoms with Crippen molar-refractivity contribution in [2.75, 3.05) is 0 Å². The number of allylic oxidation sites excluding steroid dienone is 3. The van der Waals surface area contributed by atoms with E-state index in [-0.39, 0.29) is 5.41 Å². The molecule has 1 heterocycles. The summed E-state index contributed by atoms with van der Waals surface area (Å²) < 4.78 is 0. The van der Waals surface area contributed by atoms with Crippen LogP contribution in [-0.4, -0.2) is 4.98 Å². The Hall–Kier alpha value is -3.91. The van der Waals surface area contributed by atoms with Crippen molar-refractivity contribution < 1.29 is 0 Å². The van der Waals surface area contributed by atoms with E-state index >= 15 is 0 Å². The molecule has 3 aromatic carbocycles. The van der Waals surface area contributed by atoms with Crippen molar-refractivity contribution >= 4 is 5.70 Å². The Balaban J connectivity index is 1.81. The molecule has 1 N–H and O–H groups in total. The van der Waals surface area contributed by atoms with Gasteiger partial charge in [0.2, 0.25) is 0 Å². The van der Waals surface area contributed by atoms with Crippen molar-refractivity contribution in [3.63, 3.8) is 0 Å². The highest BCUT2D eigenvalue weighted by atomic mass is 14.9. The largest absolute Gasteiger partial charge is 0.380 e. The summed E-state index contributed by atoms with van der Waals surface area (Å²) in [5.41, 5.74) is 12.1. The third-order valence-electron chi connectivity index (χ3n) is 7.22. The first kappa shape index (κ1) is 28.1. The van der Waals surface area contributed by atoms with Crippen LogP contribution in [-0.2, 0) is 6.54 Å². The minimum absolute atomic E-state index is 0.0282. The summed E-state index contributed by atoms with van der Waals surface area (Å²) in [6, 6.07) is 30.4. The summed E-state index contributed by atoms with van der Waals surface area (Å²) in [7, 11) is 0. The molecule has 0 amide bonds. The van der Waals surface area contributed by atoms with E-state index in [4.69, 9.17) is 4.98 Å². The molecule has 0 aliphatic rings. The number of aromatic nitrogens is 1. The summed E-state index contributed by atoms with van der Waals surface area (Å²) in [6.07, 6.45) is 6.53. The SMILES string of the molecule is C/C=C(\C=C(/NCc1ccccc1-c1ccc(C)cn1)c1cc(-c2ccccc2)ccc1C(C)C)C(C)(C)C. The topological polar surface area (TPSA) is 24.9 Å². The van der Waals surface area contributed by atoms with Gasteiger partial charge in [-0.05, 0) is 76.8 Å². The lowest BCUT2D eigenvalue weighted by atomic mass is 9.84. The van der Waals surface area contributed by atoms with E-state index in [1.165, 1.54) is 39.0 Å². The summed E-state index contributed by atoms with van der Waals surface area (Å²) in [4.78, 5) is 4.72. The Bertz CT molecular complexity index is 1450. The zero-order chi connectivity index (χ0) is 28.0. The fourth-order valence-electron chi connectivity index (χ4n) is 4.96. The molecule has 0 fully saturated rings. The fourth-order valence-corrected chi connectivity index (χ4v) is 4.96. The quantitative estimate of drug-likeness (QED) is 0.237. The van der Waals surface area contributed by atoms with E-state index in [1.807, 2.05) is 6.20 Å². The van der Waals surface area contributed by atoms with E-state index in [0.29, 0.717) is 12.5 Å². The molecule has 0 aliphatic carbocycles. The van der Waals surface area contributed by atoms with Crippen molar-refractivity contribution in [1.29, 1.82) is 0 Å². The minimum Gasteiger partial charge on any atom is -0.380 e. The third kappa shape index (κ3) is 6.95. The van der Waals surface area contributed by atoms with Gasteiger partial charge >= 0.3 is 0 Å². The van der Waals surface area contributed by atoms with E-state index in [0.717, 1.165) is 17.0 Å². The van der Waals surface area contributed by atoms with Crippen LogP contribution in [0.25, 0.3) is 28.1 Å². The van der Waals surface area contributed by atoms with E-state index < -0.39 is 0 Å². The third-order valence-corrected chi connectivity index (χ3v) is 7.22. The van der Waals surface area contributed by atoms with Gasteiger partial charge < -0.3 is 5.32 Å². The Morgan fingerprint density at radius 1 is 0.872 bits per heavy atom. The van der Waals surface area contributed by atoms with Gasteiger partial charge in [-0.3, -0.25) is 4.98 Å². The number of hydrogen-bond acceptors (Lipinski definition) is 2. The second-order valence-electron chi connectivity index (χ2n) is 11.6. The van der Waals surface area contributed by atoms with Gasteiger partial charge in [-0.15, -0.1) is 0 Å². The van der Waals surface area contributed by atoms with Crippen LogP contribution in [0.1, 0.15) is 69.7 Å². The van der Waals surface area contributed by atoms with Crippen LogP contribution < -0.4 is 5.32 Å². The lowest BCUT2D eigenvalue weighted by Gasteiger charge is -2.24. The van der Waals surface area contributed by atoms with Gasteiger partial charge in [0.15, 0.2) is 0 Å². The molecule has 0 radical (unpaired) electrons. The van der Waals surface area contributed by atoms with Crippen molar-refractivity contribution in [1.82, 2.24) is 10.3 Å². The van der Waals surface area contributed by atoms with E-state index in [9.17, 15) is 0 Å². The fraction of sp³-hybridized carbons (Fsp3) is 0.270. The summed E-state index contributed by atoms with van der Waals surface area (Å²) in [5, 5.41) is 3.88. The van der Waals surface area contributed by atoms with Gasteiger partial charge in [0, 0.05) is 29.6 Å². The number of pyridine rings is 1. The van der Waals surface area contributed by atoms with Gasteiger partial charge in [0.25, 0.3) is 0 Å². The van der Waals surface area contributed by atoms with E-state index in [2.05, 4.69) is 151 Å². The van der Waals surface area contributed by atoms with Crippen molar-refractivity contribution in [2.24, 2.45) is 5.41 Å². The van der Waals surface area contributed by atoms with Crippen molar-refractivity contribution in [3.05, 3.63) is 131 Å². The highest BCUT2D eigenvalue weighted by Gasteiger charge is 2.19. The average Bonchev–Trinajstić information content (AvgIpc) is 2.93. The first-order valence-electron chi connectivity index (χ1n) is 14.0. The second kappa shape index (κ2) is 12.3. The van der Waals surface area contributed by atoms with Gasteiger partial charge in [-0.2, -0.15) is 0 Å². The Morgan fingerprint density at radius 3 is 2.23 bits per heavy atom. The number of hydrogen-bond donors (Lipinski definition) is 1. The minimum atomic E-state index is 0.0282. The molecular weight excluding hydrogens is 472 g/mol. The summed E-state index contributed by atoms with van der Waals surface area (Å²) >= 11 is 0. The van der Waals surface area contributed by atoms with Gasteiger partial charge in [0.1, 0.15) is 0 Å². The summed E-state index contributed by atoms with van der Waals surface area (Å²) in [6.45, 7) is 16.3. The zero-order valence-corrected chi connectivity index (χ0v) is 24.5. The molecule has 0 unspecified atom stereocenters. The van der Waals surface area contributed by atoms with Crippen LogP contribution in [0.4, 0.5) is 0 Å². The van der Waals surface area contributed by atoms with Gasteiger partial charge in [-0.25, -0.2) is 0 Å². The normalized spacial score (nSPS) is 12.6. The van der Waals surface area contributed by atoms with Crippen LogP contribution in [0.3, 0.4) is 0 Å². The number of nitrogens with one attached hydrogen (secondary N) is 1. The standard InChI is InChI=1S/C37H42N2/c1-8-31(37(5,6)7)23-36(34-22-29(19-20-32(34)26(2)3)28-14-10-9-11-15-28)39-25-30-16-12-13-17-33(30)35-21-18-27(4)24-38-35/h8-24,26,39H,25H2,1-7H3/b31-8+,36-23-. The molecule has 0 spiro atoms. The van der Waals surface area contributed by atoms with Crippen LogP contribution in [0.2, 0.25) is 0 Å². The highest BCUT2D eigenvalue weighted by molar-refractivity contribution is 5.76. The molecule has 1 aromatic heterocycles. The molecule has 4 rings (SSSR count). The first-order chi connectivity index (χ1) is 18.7. The molecule has 4 aromatic rings. The molecule has 0 saturated carbocycles. The monoisotopic (exact) mass is 514 g/mol. The van der Waals surface area contributed by atoms with Gasteiger partial charge in [0.05, 0.1) is 5.69 Å². The van der Waals surface area contributed by atoms with E-state index in [1.54, 1.807) is 0 Å². The highest BCUT2D eigenvalue weighted by Crippen LogP contribution is 2.34. The number of nitrogens with zero attached hydrogens (tertiary/aromatic N) is 1. The molecule has 39 heavy (non-hydrogen) atoms. The zero-order valence-electron chi connectivity index (χ0n) is 24.5. The predicted molar refractivity (Wildman–Crippen MR) is 168 cm³/mol. The maximum atomic E-state index is 4.72. The van der Waals surface area contributed by atoms with Crippen molar-refractivity contribution in [2.45, 2.75) is 60.9 Å². The molecule has 0 saturated heterocycles. The maximum Gasteiger partial charge on any atom is 0.0705 e. The predicted octanol–water partition coefficient (Wildman–Crippen LogP) is 9.97. The number of rotatable bonds is 8.